The van der Waals surface area contributed by atoms with E-state index < -0.39 is 0 Å². The first-order valence-electron chi connectivity index (χ1n) is 6.79. The van der Waals surface area contributed by atoms with Gasteiger partial charge in [0.2, 0.25) is 5.91 Å². The van der Waals surface area contributed by atoms with E-state index in [1.165, 1.54) is 11.1 Å². The fraction of sp³-hybridized carbons (Fsp3) is 0.533. The highest BCUT2D eigenvalue weighted by Crippen LogP contribution is 2.31. The van der Waals surface area contributed by atoms with Crippen LogP contribution in [-0.4, -0.2) is 18.5 Å². The van der Waals surface area contributed by atoms with Crippen molar-refractivity contribution in [2.24, 2.45) is 5.73 Å². The summed E-state index contributed by atoms with van der Waals surface area (Å²) in [6.07, 6.45) is 3.99. The maximum atomic E-state index is 12.2. The van der Waals surface area contributed by atoms with Gasteiger partial charge in [0.05, 0.1) is 5.92 Å². The molecule has 0 bridgehead atoms. The molecular formula is C15H22N2O. The van der Waals surface area contributed by atoms with Crippen LogP contribution in [0.3, 0.4) is 0 Å². The van der Waals surface area contributed by atoms with E-state index in [2.05, 4.69) is 23.5 Å². The van der Waals surface area contributed by atoms with E-state index in [-0.39, 0.29) is 17.9 Å². The van der Waals surface area contributed by atoms with Crippen molar-refractivity contribution >= 4 is 5.91 Å². The predicted molar refractivity (Wildman–Crippen MR) is 73.4 cm³/mol. The molecule has 2 rings (SSSR count). The first-order valence-corrected chi connectivity index (χ1v) is 6.79. The molecule has 2 atom stereocenters. The number of nitrogens with one attached hydrogen (secondary N) is 1. The lowest BCUT2D eigenvalue weighted by molar-refractivity contribution is -0.122. The van der Waals surface area contributed by atoms with Crippen molar-refractivity contribution in [3.63, 3.8) is 0 Å². The zero-order chi connectivity index (χ0) is 13.0. The minimum Gasteiger partial charge on any atom is -0.356 e. The molecule has 0 aromatic heterocycles. The fourth-order valence-corrected chi connectivity index (χ4v) is 2.57. The second kappa shape index (κ2) is 6.01. The molecule has 0 fully saturated rings. The predicted octanol–water partition coefficient (Wildman–Crippen LogP) is 1.96. The lowest BCUT2D eigenvalue weighted by atomic mass is 9.82. The van der Waals surface area contributed by atoms with Crippen molar-refractivity contribution in [2.45, 2.75) is 44.6 Å². The Hall–Kier alpha value is -1.35. The number of carbonyl (C=O) groups is 1. The van der Waals surface area contributed by atoms with Crippen LogP contribution in [0.1, 0.15) is 43.2 Å². The van der Waals surface area contributed by atoms with Gasteiger partial charge in [-0.15, -0.1) is 0 Å². The van der Waals surface area contributed by atoms with Crippen LogP contribution in [-0.2, 0) is 11.2 Å². The Labute approximate surface area is 109 Å². The topological polar surface area (TPSA) is 55.1 Å². The Morgan fingerprint density at radius 3 is 3.06 bits per heavy atom. The molecule has 18 heavy (non-hydrogen) atoms. The monoisotopic (exact) mass is 246 g/mol. The number of rotatable bonds is 4. The van der Waals surface area contributed by atoms with E-state index in [0.717, 1.165) is 25.7 Å². The summed E-state index contributed by atoms with van der Waals surface area (Å²) in [4.78, 5) is 12.2. The van der Waals surface area contributed by atoms with Crippen LogP contribution < -0.4 is 11.1 Å². The number of nitrogens with two attached hydrogens (primary N) is 1. The van der Waals surface area contributed by atoms with Crippen LogP contribution in [0.5, 0.6) is 0 Å². The van der Waals surface area contributed by atoms with Gasteiger partial charge in [-0.1, -0.05) is 24.3 Å². The number of aryl methyl sites for hydroxylation is 1. The maximum absolute atomic E-state index is 12.2. The number of carbonyl (C=O) groups excluding carboxylic acids is 1. The van der Waals surface area contributed by atoms with E-state index >= 15 is 0 Å². The lowest BCUT2D eigenvalue weighted by Gasteiger charge is -2.24. The molecule has 0 aliphatic heterocycles. The normalized spacial score (nSPS) is 20.0. The van der Waals surface area contributed by atoms with Crippen molar-refractivity contribution in [3.05, 3.63) is 35.4 Å². The van der Waals surface area contributed by atoms with Crippen LogP contribution in [0.15, 0.2) is 24.3 Å². The van der Waals surface area contributed by atoms with Gasteiger partial charge in [0.1, 0.15) is 0 Å². The summed E-state index contributed by atoms with van der Waals surface area (Å²) in [6.45, 7) is 2.64. The second-order valence-electron chi connectivity index (χ2n) is 5.20. The number of hydrogen-bond acceptors (Lipinski definition) is 2. The van der Waals surface area contributed by atoms with Crippen LogP contribution in [0.4, 0.5) is 0 Å². The molecule has 98 valence electrons. The molecule has 3 nitrogen and oxygen atoms in total. The third-order valence-electron chi connectivity index (χ3n) is 3.58. The first-order chi connectivity index (χ1) is 8.68. The molecule has 1 aromatic carbocycles. The molecule has 0 radical (unpaired) electrons. The number of benzene rings is 1. The molecule has 1 aliphatic rings. The largest absolute Gasteiger partial charge is 0.356 e. The molecule has 0 heterocycles. The van der Waals surface area contributed by atoms with Gasteiger partial charge in [-0.25, -0.2) is 0 Å². The molecule has 3 heteroatoms. The van der Waals surface area contributed by atoms with Gasteiger partial charge in [0.25, 0.3) is 0 Å². The highest BCUT2D eigenvalue weighted by atomic mass is 16.1. The minimum atomic E-state index is 0.0306. The van der Waals surface area contributed by atoms with Gasteiger partial charge < -0.3 is 11.1 Å². The molecule has 0 spiro atoms. The summed E-state index contributed by atoms with van der Waals surface area (Å²) in [7, 11) is 0. The summed E-state index contributed by atoms with van der Waals surface area (Å²) >= 11 is 0. The smallest absolute Gasteiger partial charge is 0.227 e. The quantitative estimate of drug-likeness (QED) is 0.853. The molecule has 1 amide bonds. The first kappa shape index (κ1) is 13.1. The average Bonchev–Trinajstić information content (AvgIpc) is 2.37. The molecule has 0 saturated heterocycles. The molecule has 2 unspecified atom stereocenters. The third kappa shape index (κ3) is 3.10. The SMILES string of the molecule is CC(N)CCNC(=O)C1CCCc2ccccc21. The van der Waals surface area contributed by atoms with Gasteiger partial charge >= 0.3 is 0 Å². The Balaban J connectivity index is 1.99. The van der Waals surface area contributed by atoms with Crippen molar-refractivity contribution in [1.29, 1.82) is 0 Å². The van der Waals surface area contributed by atoms with Gasteiger partial charge in [-0.2, -0.15) is 0 Å². The highest BCUT2D eigenvalue weighted by Gasteiger charge is 2.25. The Morgan fingerprint density at radius 1 is 1.50 bits per heavy atom. The summed E-state index contributed by atoms with van der Waals surface area (Å²) < 4.78 is 0. The lowest BCUT2D eigenvalue weighted by Crippen LogP contribution is -2.34. The van der Waals surface area contributed by atoms with E-state index in [1.807, 2.05) is 13.0 Å². The molecule has 1 aromatic rings. The van der Waals surface area contributed by atoms with Crippen LogP contribution >= 0.6 is 0 Å². The minimum absolute atomic E-state index is 0.0306. The van der Waals surface area contributed by atoms with E-state index in [4.69, 9.17) is 5.73 Å². The van der Waals surface area contributed by atoms with Gasteiger partial charge in [0, 0.05) is 12.6 Å². The van der Waals surface area contributed by atoms with Gasteiger partial charge in [0.15, 0.2) is 0 Å². The highest BCUT2D eigenvalue weighted by molar-refractivity contribution is 5.84. The van der Waals surface area contributed by atoms with Crippen LogP contribution in [0.25, 0.3) is 0 Å². The van der Waals surface area contributed by atoms with E-state index in [0.29, 0.717) is 6.54 Å². The molecule has 0 saturated carbocycles. The van der Waals surface area contributed by atoms with Gasteiger partial charge in [-0.05, 0) is 43.7 Å². The van der Waals surface area contributed by atoms with Crippen molar-refractivity contribution in [3.8, 4) is 0 Å². The Kier molecular flexibility index (Phi) is 4.37. The fourth-order valence-electron chi connectivity index (χ4n) is 2.57. The van der Waals surface area contributed by atoms with E-state index in [1.54, 1.807) is 0 Å². The Morgan fingerprint density at radius 2 is 2.28 bits per heavy atom. The van der Waals surface area contributed by atoms with Crippen LogP contribution in [0.2, 0.25) is 0 Å². The molecule has 3 N–H and O–H groups in total. The van der Waals surface area contributed by atoms with Gasteiger partial charge in [-0.3, -0.25) is 4.79 Å². The van der Waals surface area contributed by atoms with Crippen LogP contribution in [0, 0.1) is 0 Å². The standard InChI is InChI=1S/C15H22N2O/c1-11(16)9-10-17-15(18)14-8-4-6-12-5-2-3-7-13(12)14/h2-3,5,7,11,14H,4,6,8-10,16H2,1H3,(H,17,18). The number of amides is 1. The van der Waals surface area contributed by atoms with Crippen molar-refractivity contribution in [1.82, 2.24) is 5.32 Å². The average molecular weight is 246 g/mol. The zero-order valence-corrected chi connectivity index (χ0v) is 11.0. The number of hydrogen-bond donors (Lipinski definition) is 2. The van der Waals surface area contributed by atoms with E-state index in [9.17, 15) is 4.79 Å². The summed E-state index contributed by atoms with van der Waals surface area (Å²) in [5, 5.41) is 3.01. The Bertz CT molecular complexity index is 415. The van der Waals surface area contributed by atoms with Crippen molar-refractivity contribution < 1.29 is 4.79 Å². The second-order valence-corrected chi connectivity index (χ2v) is 5.20. The molecule has 1 aliphatic carbocycles. The molecular weight excluding hydrogens is 224 g/mol. The maximum Gasteiger partial charge on any atom is 0.227 e. The third-order valence-corrected chi connectivity index (χ3v) is 3.58. The summed E-state index contributed by atoms with van der Waals surface area (Å²) in [6, 6.07) is 8.44. The number of fused-ring (bicyclic) bond motifs is 1. The zero-order valence-electron chi connectivity index (χ0n) is 11.0. The van der Waals surface area contributed by atoms with Crippen molar-refractivity contribution in [2.75, 3.05) is 6.54 Å². The summed E-state index contributed by atoms with van der Waals surface area (Å²) in [5.74, 6) is 0.186. The summed E-state index contributed by atoms with van der Waals surface area (Å²) in [5.41, 5.74) is 8.22.